The van der Waals surface area contributed by atoms with Gasteiger partial charge in [-0.1, -0.05) is 72.8 Å². The molecule has 1 aliphatic rings. The molecule has 0 bridgehead atoms. The SMILES string of the molecule is OCCCCOc1ccc(C2(c3ccc(OCCCCO)cc3)c3ccccc3Cc3ccccc32)cc1. The van der Waals surface area contributed by atoms with Crippen molar-refractivity contribution in [1.82, 2.24) is 0 Å². The third-order valence-corrected chi connectivity index (χ3v) is 7.44. The van der Waals surface area contributed by atoms with Crippen LogP contribution in [0.1, 0.15) is 59.1 Å². The summed E-state index contributed by atoms with van der Waals surface area (Å²) < 4.78 is 11.9. The second kappa shape index (κ2) is 12.3. The van der Waals surface area contributed by atoms with Crippen molar-refractivity contribution in [3.8, 4) is 11.5 Å². The zero-order chi connectivity index (χ0) is 26.2. The van der Waals surface area contributed by atoms with Gasteiger partial charge >= 0.3 is 0 Å². The van der Waals surface area contributed by atoms with Crippen LogP contribution in [0.3, 0.4) is 0 Å². The predicted octanol–water partition coefficient (Wildman–Crippen LogP) is 6.28. The van der Waals surface area contributed by atoms with Crippen LogP contribution in [0.2, 0.25) is 0 Å². The zero-order valence-corrected chi connectivity index (χ0v) is 21.8. The normalized spacial score (nSPS) is 13.4. The maximum Gasteiger partial charge on any atom is 0.119 e. The van der Waals surface area contributed by atoms with E-state index in [1.807, 2.05) is 0 Å². The Hall–Kier alpha value is -3.60. The first-order chi connectivity index (χ1) is 18.8. The van der Waals surface area contributed by atoms with Crippen molar-refractivity contribution < 1.29 is 19.7 Å². The summed E-state index contributed by atoms with van der Waals surface area (Å²) >= 11 is 0. The molecule has 196 valence electrons. The Balaban J connectivity index is 1.59. The summed E-state index contributed by atoms with van der Waals surface area (Å²) in [4.78, 5) is 0. The topological polar surface area (TPSA) is 58.9 Å². The zero-order valence-electron chi connectivity index (χ0n) is 21.8. The molecule has 4 heteroatoms. The van der Waals surface area contributed by atoms with Crippen molar-refractivity contribution in [1.29, 1.82) is 0 Å². The lowest BCUT2D eigenvalue weighted by atomic mass is 9.60. The number of aliphatic hydroxyl groups is 2. The van der Waals surface area contributed by atoms with Crippen LogP contribution >= 0.6 is 0 Å². The molecule has 0 radical (unpaired) electrons. The van der Waals surface area contributed by atoms with Crippen LogP contribution in [-0.2, 0) is 11.8 Å². The summed E-state index contributed by atoms with van der Waals surface area (Å²) in [5, 5.41) is 18.1. The highest BCUT2D eigenvalue weighted by Gasteiger charge is 2.43. The second-order valence-electron chi connectivity index (χ2n) is 9.85. The summed E-state index contributed by atoms with van der Waals surface area (Å²) in [6, 6.07) is 34.6. The fourth-order valence-electron chi connectivity index (χ4n) is 5.63. The van der Waals surface area contributed by atoms with Gasteiger partial charge in [0.1, 0.15) is 11.5 Å². The molecule has 0 spiro atoms. The Kier molecular flexibility index (Phi) is 8.42. The lowest BCUT2D eigenvalue weighted by molar-refractivity contribution is 0.253. The van der Waals surface area contributed by atoms with E-state index >= 15 is 0 Å². The number of ether oxygens (including phenoxy) is 2. The van der Waals surface area contributed by atoms with Crippen LogP contribution in [-0.4, -0.2) is 36.6 Å². The van der Waals surface area contributed by atoms with E-state index in [9.17, 15) is 0 Å². The van der Waals surface area contributed by atoms with Gasteiger partial charge in [0, 0.05) is 13.2 Å². The van der Waals surface area contributed by atoms with Crippen molar-refractivity contribution in [3.63, 3.8) is 0 Å². The Labute approximate surface area is 225 Å². The summed E-state index contributed by atoms with van der Waals surface area (Å²) in [5.41, 5.74) is 7.17. The van der Waals surface area contributed by atoms with E-state index in [-0.39, 0.29) is 13.2 Å². The monoisotopic (exact) mass is 508 g/mol. The highest BCUT2D eigenvalue weighted by atomic mass is 16.5. The number of hydrogen-bond donors (Lipinski definition) is 2. The maximum absolute atomic E-state index is 9.05. The minimum absolute atomic E-state index is 0.191. The second-order valence-corrected chi connectivity index (χ2v) is 9.85. The van der Waals surface area contributed by atoms with E-state index in [1.54, 1.807) is 0 Å². The fourth-order valence-corrected chi connectivity index (χ4v) is 5.63. The van der Waals surface area contributed by atoms with Gasteiger partial charge in [-0.3, -0.25) is 0 Å². The van der Waals surface area contributed by atoms with Crippen LogP contribution in [0.25, 0.3) is 0 Å². The van der Waals surface area contributed by atoms with Crippen LogP contribution < -0.4 is 9.47 Å². The standard InChI is InChI=1S/C34H36O4/c35-21-5-7-23-37-30-17-13-28(14-18-30)34(29-15-19-31(20-16-29)38-24-8-6-22-36)32-11-3-1-9-26(32)25-27-10-2-4-12-33(27)34/h1-4,9-20,35-36H,5-8,21-25H2. The Morgan fingerprint density at radius 3 is 1.37 bits per heavy atom. The highest BCUT2D eigenvalue weighted by Crippen LogP contribution is 2.51. The molecule has 0 saturated carbocycles. The molecule has 0 heterocycles. The molecule has 1 aliphatic carbocycles. The van der Waals surface area contributed by atoms with Gasteiger partial charge in [-0.15, -0.1) is 0 Å². The van der Waals surface area contributed by atoms with Crippen molar-refractivity contribution in [3.05, 3.63) is 130 Å². The Morgan fingerprint density at radius 1 is 0.526 bits per heavy atom. The first-order valence-corrected chi connectivity index (χ1v) is 13.6. The molecule has 0 amide bonds. The molecular weight excluding hydrogens is 472 g/mol. The van der Waals surface area contributed by atoms with Gasteiger partial charge in [0.25, 0.3) is 0 Å². The van der Waals surface area contributed by atoms with E-state index in [1.165, 1.54) is 33.4 Å². The minimum Gasteiger partial charge on any atom is -0.494 e. The molecule has 2 N–H and O–H groups in total. The number of fused-ring (bicyclic) bond motifs is 2. The number of unbranched alkanes of at least 4 members (excludes halogenated alkanes) is 2. The average molecular weight is 509 g/mol. The lowest BCUT2D eigenvalue weighted by Gasteiger charge is -2.42. The molecule has 0 atom stereocenters. The maximum atomic E-state index is 9.05. The molecule has 0 aliphatic heterocycles. The summed E-state index contributed by atoms with van der Waals surface area (Å²) in [6.45, 7) is 1.57. The van der Waals surface area contributed by atoms with Gasteiger partial charge < -0.3 is 19.7 Å². The first-order valence-electron chi connectivity index (χ1n) is 13.6. The molecule has 4 aromatic carbocycles. The summed E-state index contributed by atoms with van der Waals surface area (Å²) in [7, 11) is 0. The van der Waals surface area contributed by atoms with E-state index in [0.29, 0.717) is 13.2 Å². The molecule has 0 aromatic heterocycles. The van der Waals surface area contributed by atoms with Crippen molar-refractivity contribution in [2.24, 2.45) is 0 Å². The van der Waals surface area contributed by atoms with Crippen molar-refractivity contribution in [2.75, 3.05) is 26.4 Å². The van der Waals surface area contributed by atoms with Crippen LogP contribution in [0.15, 0.2) is 97.1 Å². The van der Waals surface area contributed by atoms with Gasteiger partial charge in [-0.05, 0) is 89.8 Å². The number of rotatable bonds is 12. The quantitative estimate of drug-likeness (QED) is 0.195. The predicted molar refractivity (Wildman–Crippen MR) is 151 cm³/mol. The third kappa shape index (κ3) is 5.20. The third-order valence-electron chi connectivity index (χ3n) is 7.44. The van der Waals surface area contributed by atoms with Gasteiger partial charge in [0.2, 0.25) is 0 Å². The lowest BCUT2D eigenvalue weighted by Crippen LogP contribution is -2.36. The number of aliphatic hydroxyl groups excluding tert-OH is 2. The Bertz CT molecular complexity index is 1210. The molecule has 0 unspecified atom stereocenters. The van der Waals surface area contributed by atoms with Crippen LogP contribution in [0.4, 0.5) is 0 Å². The summed E-state index contributed by atoms with van der Waals surface area (Å²) in [6.07, 6.45) is 4.06. The molecule has 4 nitrogen and oxygen atoms in total. The molecular formula is C34H36O4. The largest absolute Gasteiger partial charge is 0.494 e. The van der Waals surface area contributed by atoms with Crippen LogP contribution in [0.5, 0.6) is 11.5 Å². The average Bonchev–Trinajstić information content (AvgIpc) is 2.97. The van der Waals surface area contributed by atoms with Crippen molar-refractivity contribution in [2.45, 2.75) is 37.5 Å². The van der Waals surface area contributed by atoms with Gasteiger partial charge in [0.05, 0.1) is 18.6 Å². The van der Waals surface area contributed by atoms with E-state index in [4.69, 9.17) is 19.7 Å². The molecule has 5 rings (SSSR count). The molecule has 0 saturated heterocycles. The van der Waals surface area contributed by atoms with Crippen molar-refractivity contribution >= 4 is 0 Å². The van der Waals surface area contributed by atoms with E-state index < -0.39 is 5.41 Å². The minimum atomic E-state index is -0.476. The molecule has 38 heavy (non-hydrogen) atoms. The highest BCUT2D eigenvalue weighted by molar-refractivity contribution is 5.67. The number of benzene rings is 4. The molecule has 4 aromatic rings. The van der Waals surface area contributed by atoms with Gasteiger partial charge in [-0.25, -0.2) is 0 Å². The summed E-state index contributed by atoms with van der Waals surface area (Å²) in [5.74, 6) is 1.68. The molecule has 0 fully saturated rings. The first kappa shape index (κ1) is 26.0. The van der Waals surface area contributed by atoms with E-state index in [0.717, 1.165) is 43.6 Å². The van der Waals surface area contributed by atoms with Crippen LogP contribution in [0, 0.1) is 0 Å². The smallest absolute Gasteiger partial charge is 0.119 e. The van der Waals surface area contributed by atoms with Gasteiger partial charge in [-0.2, -0.15) is 0 Å². The Morgan fingerprint density at radius 2 is 0.947 bits per heavy atom. The fraction of sp³-hybridized carbons (Fsp3) is 0.294. The van der Waals surface area contributed by atoms with E-state index in [2.05, 4.69) is 97.1 Å². The van der Waals surface area contributed by atoms with Gasteiger partial charge in [0.15, 0.2) is 0 Å². The number of hydrogen-bond acceptors (Lipinski definition) is 4.